The number of halogens is 1. The Morgan fingerprint density at radius 1 is 1.03 bits per heavy atom. The fraction of sp³-hybridized carbons (Fsp3) is 0.286. The van der Waals surface area contributed by atoms with Crippen molar-refractivity contribution < 1.29 is 19.1 Å². The average molecular weight is 494 g/mol. The van der Waals surface area contributed by atoms with Crippen LogP contribution in [0.25, 0.3) is 0 Å². The molecule has 2 rings (SSSR count). The number of hydrazine groups is 1. The number of carbonyl (C=O) groups excluding carboxylic acids is 2. The van der Waals surface area contributed by atoms with Crippen LogP contribution in [0, 0.1) is 5.92 Å². The van der Waals surface area contributed by atoms with Gasteiger partial charge in [0.15, 0.2) is 5.11 Å². The van der Waals surface area contributed by atoms with E-state index in [1.54, 1.807) is 49.6 Å². The van der Waals surface area contributed by atoms with Crippen LogP contribution in [0.1, 0.15) is 41.0 Å². The van der Waals surface area contributed by atoms with Gasteiger partial charge in [-0.2, -0.15) is 0 Å². The lowest BCUT2D eigenvalue weighted by atomic mass is 10.1. The number of amides is 2. The Kier molecular flexibility index (Phi) is 9.07. The topological polar surface area (TPSA) is 88.7 Å². The third-order valence-electron chi connectivity index (χ3n) is 4.02. The molecule has 2 aromatic carbocycles. The summed E-state index contributed by atoms with van der Waals surface area (Å²) in [6.45, 7) is 4.86. The summed E-state index contributed by atoms with van der Waals surface area (Å²) in [6, 6.07) is 11.6. The summed E-state index contributed by atoms with van der Waals surface area (Å²) in [7, 11) is 1.55. The van der Waals surface area contributed by atoms with Crippen LogP contribution in [-0.2, 0) is 0 Å². The maximum atomic E-state index is 12.4. The molecule has 0 heterocycles. The highest BCUT2D eigenvalue weighted by molar-refractivity contribution is 9.10. The Balaban J connectivity index is 1.85. The van der Waals surface area contributed by atoms with E-state index in [4.69, 9.17) is 21.7 Å². The minimum Gasteiger partial charge on any atom is -0.497 e. The van der Waals surface area contributed by atoms with Gasteiger partial charge in [0.05, 0.1) is 18.2 Å². The summed E-state index contributed by atoms with van der Waals surface area (Å²) in [4.78, 5) is 24.5. The number of ether oxygens (including phenoxy) is 2. The van der Waals surface area contributed by atoms with Crippen LogP contribution in [0.4, 0.5) is 0 Å². The Bertz CT molecular complexity index is 904. The lowest BCUT2D eigenvalue weighted by Crippen LogP contribution is -2.48. The summed E-state index contributed by atoms with van der Waals surface area (Å²) in [6.07, 6.45) is 0.941. The van der Waals surface area contributed by atoms with Gasteiger partial charge in [-0.05, 0) is 83.0 Å². The maximum Gasteiger partial charge on any atom is 0.269 e. The first-order valence-electron chi connectivity index (χ1n) is 9.28. The summed E-state index contributed by atoms with van der Waals surface area (Å²) >= 11 is 8.48. The van der Waals surface area contributed by atoms with Crippen LogP contribution < -0.4 is 25.6 Å². The fourth-order valence-corrected chi connectivity index (χ4v) is 2.94. The van der Waals surface area contributed by atoms with Crippen molar-refractivity contribution in [3.05, 3.63) is 58.1 Å². The molecule has 30 heavy (non-hydrogen) atoms. The zero-order chi connectivity index (χ0) is 22.1. The predicted molar refractivity (Wildman–Crippen MR) is 123 cm³/mol. The molecule has 3 N–H and O–H groups in total. The van der Waals surface area contributed by atoms with Crippen LogP contribution in [0.5, 0.6) is 11.5 Å². The molecule has 0 saturated heterocycles. The van der Waals surface area contributed by atoms with Crippen molar-refractivity contribution in [1.29, 1.82) is 0 Å². The maximum absolute atomic E-state index is 12.4. The summed E-state index contributed by atoms with van der Waals surface area (Å²) in [5, 5.41) is 2.48. The van der Waals surface area contributed by atoms with E-state index in [0.29, 0.717) is 39.6 Å². The molecule has 0 aliphatic heterocycles. The Labute approximate surface area is 189 Å². The molecule has 7 nitrogen and oxygen atoms in total. The van der Waals surface area contributed by atoms with Crippen LogP contribution in [0.3, 0.4) is 0 Å². The molecule has 0 aliphatic carbocycles. The normalized spacial score (nSPS) is 10.3. The van der Waals surface area contributed by atoms with Gasteiger partial charge in [-0.25, -0.2) is 0 Å². The van der Waals surface area contributed by atoms with Crippen molar-refractivity contribution in [1.82, 2.24) is 16.2 Å². The highest BCUT2D eigenvalue weighted by Gasteiger charge is 2.12. The van der Waals surface area contributed by atoms with Gasteiger partial charge in [-0.15, -0.1) is 0 Å². The number of rotatable bonds is 7. The predicted octanol–water partition coefficient (Wildman–Crippen LogP) is 3.83. The van der Waals surface area contributed by atoms with Crippen LogP contribution in [0.2, 0.25) is 0 Å². The standard InChI is InChI=1S/C21H24BrN3O4S/c1-13(2)10-11-29-18-9-6-15(12-17(18)22)19(26)23-21(30)25-24-20(27)14-4-7-16(28-3)8-5-14/h4-9,12-13H,10-11H2,1-3H3,(H,24,27)(H2,23,25,26,30). The van der Waals surface area contributed by atoms with E-state index in [-0.39, 0.29) is 5.11 Å². The van der Waals surface area contributed by atoms with Gasteiger partial charge in [0, 0.05) is 11.1 Å². The number of hydrogen-bond donors (Lipinski definition) is 3. The van der Waals surface area contributed by atoms with E-state index < -0.39 is 11.8 Å². The van der Waals surface area contributed by atoms with Crippen molar-refractivity contribution in [2.45, 2.75) is 20.3 Å². The molecule has 160 valence electrons. The molecule has 0 unspecified atom stereocenters. The smallest absolute Gasteiger partial charge is 0.269 e. The van der Waals surface area contributed by atoms with Gasteiger partial charge in [-0.3, -0.25) is 25.8 Å². The molecule has 9 heteroatoms. The number of methoxy groups -OCH3 is 1. The Morgan fingerprint density at radius 3 is 2.30 bits per heavy atom. The highest BCUT2D eigenvalue weighted by atomic mass is 79.9. The van der Waals surface area contributed by atoms with Gasteiger partial charge < -0.3 is 9.47 Å². The van der Waals surface area contributed by atoms with Gasteiger partial charge >= 0.3 is 0 Å². The van der Waals surface area contributed by atoms with Crippen molar-refractivity contribution >= 4 is 45.1 Å². The van der Waals surface area contributed by atoms with Crippen LogP contribution >= 0.6 is 28.1 Å². The largest absolute Gasteiger partial charge is 0.497 e. The lowest BCUT2D eigenvalue weighted by Gasteiger charge is -2.13. The first kappa shape index (κ1) is 23.6. The monoisotopic (exact) mass is 493 g/mol. The zero-order valence-electron chi connectivity index (χ0n) is 17.0. The molecule has 0 aromatic heterocycles. The lowest BCUT2D eigenvalue weighted by molar-refractivity contribution is 0.0934. The van der Waals surface area contributed by atoms with Crippen molar-refractivity contribution in [2.75, 3.05) is 13.7 Å². The van der Waals surface area contributed by atoms with E-state index in [1.165, 1.54) is 0 Å². The van der Waals surface area contributed by atoms with Gasteiger partial charge in [0.2, 0.25) is 0 Å². The average Bonchev–Trinajstić information content (AvgIpc) is 2.72. The Morgan fingerprint density at radius 2 is 1.70 bits per heavy atom. The first-order chi connectivity index (χ1) is 14.3. The Hall–Kier alpha value is -2.65. The molecule has 0 spiro atoms. The zero-order valence-corrected chi connectivity index (χ0v) is 19.4. The number of carbonyl (C=O) groups is 2. The fourth-order valence-electron chi connectivity index (χ4n) is 2.30. The number of thiocarbonyl (C=S) groups is 1. The summed E-state index contributed by atoms with van der Waals surface area (Å²) in [5.41, 5.74) is 5.74. The van der Waals surface area contributed by atoms with Gasteiger partial charge in [-0.1, -0.05) is 13.8 Å². The minimum atomic E-state index is -0.416. The molecule has 0 bridgehead atoms. The second-order valence-electron chi connectivity index (χ2n) is 6.77. The molecule has 0 atom stereocenters. The quantitative estimate of drug-likeness (QED) is 0.401. The van der Waals surface area contributed by atoms with Gasteiger partial charge in [0.25, 0.3) is 11.8 Å². The van der Waals surface area contributed by atoms with E-state index in [0.717, 1.165) is 6.42 Å². The summed E-state index contributed by atoms with van der Waals surface area (Å²) < 4.78 is 11.4. The SMILES string of the molecule is COc1ccc(C(=O)NNC(=S)NC(=O)c2ccc(OCCC(C)C)c(Br)c2)cc1. The molecular formula is C21H24BrN3O4S. The molecule has 0 aliphatic rings. The highest BCUT2D eigenvalue weighted by Crippen LogP contribution is 2.26. The first-order valence-corrected chi connectivity index (χ1v) is 10.5. The molecule has 0 radical (unpaired) electrons. The van der Waals surface area contributed by atoms with E-state index in [1.807, 2.05) is 0 Å². The second kappa shape index (κ2) is 11.5. The van der Waals surface area contributed by atoms with Crippen molar-refractivity contribution in [3.63, 3.8) is 0 Å². The van der Waals surface area contributed by atoms with E-state index >= 15 is 0 Å². The van der Waals surface area contributed by atoms with E-state index in [2.05, 4.69) is 45.9 Å². The van der Waals surface area contributed by atoms with E-state index in [9.17, 15) is 9.59 Å². The second-order valence-corrected chi connectivity index (χ2v) is 8.03. The van der Waals surface area contributed by atoms with Crippen molar-refractivity contribution in [2.24, 2.45) is 5.92 Å². The molecule has 0 saturated carbocycles. The molecule has 0 fully saturated rings. The van der Waals surface area contributed by atoms with Crippen molar-refractivity contribution in [3.8, 4) is 11.5 Å². The molecule has 2 aromatic rings. The molecular weight excluding hydrogens is 470 g/mol. The minimum absolute atomic E-state index is 0.0322. The third-order valence-corrected chi connectivity index (χ3v) is 4.84. The van der Waals surface area contributed by atoms with Crippen LogP contribution in [0.15, 0.2) is 46.9 Å². The van der Waals surface area contributed by atoms with Crippen LogP contribution in [-0.4, -0.2) is 30.6 Å². The number of benzene rings is 2. The number of hydrogen-bond acceptors (Lipinski definition) is 5. The third kappa shape index (κ3) is 7.31. The molecule has 2 amide bonds. The number of nitrogens with one attached hydrogen (secondary N) is 3. The summed E-state index contributed by atoms with van der Waals surface area (Å²) in [5.74, 6) is 1.04. The van der Waals surface area contributed by atoms with Gasteiger partial charge in [0.1, 0.15) is 11.5 Å².